The molecule has 0 aliphatic carbocycles. The molecule has 10 nitrogen and oxygen atoms in total. The van der Waals surface area contributed by atoms with E-state index in [2.05, 4.69) is 5.16 Å². The van der Waals surface area contributed by atoms with Crippen LogP contribution in [0.4, 0.5) is 11.5 Å². The second-order valence-electron chi connectivity index (χ2n) is 6.29. The van der Waals surface area contributed by atoms with Crippen LogP contribution in [0.15, 0.2) is 69.0 Å². The Morgan fingerprint density at radius 3 is 2.69 bits per heavy atom. The van der Waals surface area contributed by atoms with Gasteiger partial charge < -0.3 is 14.0 Å². The summed E-state index contributed by atoms with van der Waals surface area (Å²) >= 11 is 0. The van der Waals surface area contributed by atoms with E-state index in [-0.39, 0.29) is 28.4 Å². The molecule has 10 heteroatoms. The summed E-state index contributed by atoms with van der Waals surface area (Å²) in [5.41, 5.74) is -0.263. The number of aliphatic hydroxyl groups excluding tert-OH is 1. The van der Waals surface area contributed by atoms with E-state index in [1.165, 1.54) is 48.7 Å². The van der Waals surface area contributed by atoms with Gasteiger partial charge in [-0.05, 0) is 24.6 Å². The lowest BCUT2D eigenvalue weighted by atomic mass is 9.94. The van der Waals surface area contributed by atoms with Crippen LogP contribution in [0.5, 0.6) is 0 Å². The lowest BCUT2D eigenvalue weighted by Crippen LogP contribution is -2.31. The number of carbonyl (C=O) groups excluding carboxylic acids is 2. The van der Waals surface area contributed by atoms with Crippen LogP contribution in [0.3, 0.4) is 0 Å². The zero-order valence-corrected chi connectivity index (χ0v) is 14.9. The van der Waals surface area contributed by atoms with E-state index in [9.17, 15) is 24.8 Å². The van der Waals surface area contributed by atoms with Gasteiger partial charge in [0.05, 0.1) is 22.8 Å². The lowest BCUT2D eigenvalue weighted by molar-refractivity contribution is -0.384. The number of hydrogen-bond donors (Lipinski definition) is 1. The molecule has 0 radical (unpaired) electrons. The Morgan fingerprint density at radius 2 is 2.07 bits per heavy atom. The summed E-state index contributed by atoms with van der Waals surface area (Å²) in [6, 6.07) is 8.62. The molecule has 1 atom stereocenters. The summed E-state index contributed by atoms with van der Waals surface area (Å²) in [6.07, 6.45) is 1.28. The molecule has 29 heavy (non-hydrogen) atoms. The highest BCUT2D eigenvalue weighted by Gasteiger charge is 2.46. The second kappa shape index (κ2) is 6.75. The molecule has 3 aromatic rings. The van der Waals surface area contributed by atoms with Crippen molar-refractivity contribution in [2.75, 3.05) is 4.90 Å². The number of hydrogen-bond acceptors (Lipinski definition) is 8. The Hall–Kier alpha value is -4.21. The van der Waals surface area contributed by atoms with Crippen LogP contribution in [0.25, 0.3) is 0 Å². The predicted molar refractivity (Wildman–Crippen MR) is 97.3 cm³/mol. The smallest absolute Gasteiger partial charge is 0.295 e. The van der Waals surface area contributed by atoms with Crippen LogP contribution in [-0.4, -0.2) is 26.9 Å². The van der Waals surface area contributed by atoms with E-state index in [4.69, 9.17) is 8.94 Å². The zero-order valence-electron chi connectivity index (χ0n) is 14.9. The summed E-state index contributed by atoms with van der Waals surface area (Å²) in [6.45, 7) is 1.61. The van der Waals surface area contributed by atoms with Crippen LogP contribution < -0.4 is 4.90 Å². The number of rotatable bonds is 5. The maximum absolute atomic E-state index is 13.0. The minimum atomic E-state index is -1.16. The fourth-order valence-electron chi connectivity index (χ4n) is 3.20. The van der Waals surface area contributed by atoms with Crippen molar-refractivity contribution < 1.29 is 28.6 Å². The topological polar surface area (TPSA) is 140 Å². The number of nitro benzene ring substituents is 1. The van der Waals surface area contributed by atoms with Crippen LogP contribution >= 0.6 is 0 Å². The van der Waals surface area contributed by atoms with Crippen molar-refractivity contribution in [1.82, 2.24) is 5.16 Å². The molecule has 0 saturated carbocycles. The molecule has 3 heterocycles. The summed E-state index contributed by atoms with van der Waals surface area (Å²) in [4.78, 5) is 37.5. The maximum Gasteiger partial charge on any atom is 0.295 e. The van der Waals surface area contributed by atoms with E-state index >= 15 is 0 Å². The van der Waals surface area contributed by atoms with E-state index in [0.717, 1.165) is 4.90 Å². The molecule has 2 aromatic heterocycles. The maximum atomic E-state index is 13.0. The largest absolute Gasteiger partial charge is 0.503 e. The number of furan rings is 1. The van der Waals surface area contributed by atoms with Gasteiger partial charge in [0.2, 0.25) is 5.78 Å². The second-order valence-corrected chi connectivity index (χ2v) is 6.29. The van der Waals surface area contributed by atoms with E-state index in [1.807, 2.05) is 0 Å². The van der Waals surface area contributed by atoms with E-state index < -0.39 is 28.4 Å². The molecular weight excluding hydrogens is 382 g/mol. The molecule has 4 rings (SSSR count). The predicted octanol–water partition coefficient (Wildman–Crippen LogP) is 3.27. The minimum Gasteiger partial charge on any atom is -0.503 e. The third-order valence-corrected chi connectivity index (χ3v) is 4.46. The number of nitro groups is 1. The summed E-state index contributed by atoms with van der Waals surface area (Å²) in [5.74, 6) is -2.03. The number of aliphatic hydroxyl groups is 1. The Bertz CT molecular complexity index is 1160. The molecular formula is C19H13N3O7. The molecule has 0 saturated heterocycles. The minimum absolute atomic E-state index is 0.0535. The first kappa shape index (κ1) is 18.2. The normalized spacial score (nSPS) is 16.5. The van der Waals surface area contributed by atoms with Crippen molar-refractivity contribution in [2.45, 2.75) is 13.0 Å². The average molecular weight is 395 g/mol. The number of anilines is 1. The summed E-state index contributed by atoms with van der Waals surface area (Å²) in [7, 11) is 0. The summed E-state index contributed by atoms with van der Waals surface area (Å²) in [5, 5.41) is 25.5. The van der Waals surface area contributed by atoms with Crippen molar-refractivity contribution in [3.8, 4) is 0 Å². The van der Waals surface area contributed by atoms with Gasteiger partial charge in [-0.1, -0.05) is 17.3 Å². The van der Waals surface area contributed by atoms with Crippen LogP contribution in [-0.2, 0) is 4.79 Å². The average Bonchev–Trinajstić information content (AvgIpc) is 3.43. The van der Waals surface area contributed by atoms with Gasteiger partial charge in [0.15, 0.2) is 17.3 Å². The number of ketones is 1. The molecule has 1 N–H and O–H groups in total. The zero-order chi connectivity index (χ0) is 20.7. The van der Waals surface area contributed by atoms with Gasteiger partial charge in [-0.3, -0.25) is 24.6 Å². The van der Waals surface area contributed by atoms with Crippen molar-refractivity contribution in [1.29, 1.82) is 0 Å². The first-order chi connectivity index (χ1) is 13.9. The number of non-ortho nitro benzene ring substituents is 1. The molecule has 1 aliphatic rings. The molecule has 0 fully saturated rings. The number of aryl methyl sites for hydroxylation is 1. The lowest BCUT2D eigenvalue weighted by Gasteiger charge is -2.24. The number of benzene rings is 1. The molecule has 0 spiro atoms. The Kier molecular flexibility index (Phi) is 4.23. The fourth-order valence-corrected chi connectivity index (χ4v) is 3.20. The first-order valence-electron chi connectivity index (χ1n) is 8.41. The standard InChI is InChI=1S/C19H13N3O7/c1-10-8-14(20-29-10)21-16(11-4-2-5-12(9-11)22(26)27)15(18(24)19(21)25)17(23)13-6-3-7-28-13/h2-9,16,24H,1H3/t16-/m0/s1. The van der Waals surface area contributed by atoms with Gasteiger partial charge in [-0.25, -0.2) is 0 Å². The monoisotopic (exact) mass is 395 g/mol. The van der Waals surface area contributed by atoms with Gasteiger partial charge >= 0.3 is 0 Å². The van der Waals surface area contributed by atoms with Gasteiger partial charge in [-0.15, -0.1) is 0 Å². The number of amides is 1. The highest BCUT2D eigenvalue weighted by atomic mass is 16.6. The Labute approximate surface area is 162 Å². The quantitative estimate of drug-likeness (QED) is 0.394. The van der Waals surface area contributed by atoms with Gasteiger partial charge in [0.25, 0.3) is 11.6 Å². The van der Waals surface area contributed by atoms with E-state index in [1.54, 1.807) is 6.92 Å². The molecule has 1 aromatic carbocycles. The molecule has 1 aliphatic heterocycles. The first-order valence-corrected chi connectivity index (χ1v) is 8.41. The number of nitrogens with zero attached hydrogens (tertiary/aromatic N) is 3. The fraction of sp³-hybridized carbons (Fsp3) is 0.105. The van der Waals surface area contributed by atoms with Gasteiger partial charge in [-0.2, -0.15) is 0 Å². The molecule has 146 valence electrons. The number of carbonyl (C=O) groups is 2. The van der Waals surface area contributed by atoms with Crippen molar-refractivity contribution >= 4 is 23.2 Å². The van der Waals surface area contributed by atoms with Crippen LogP contribution in [0.1, 0.15) is 27.9 Å². The SMILES string of the molecule is Cc1cc(N2C(=O)C(O)=C(C(=O)c3ccco3)[C@@H]2c2cccc([N+](=O)[O-])c2)no1. The third kappa shape index (κ3) is 2.96. The van der Waals surface area contributed by atoms with Crippen LogP contribution in [0, 0.1) is 17.0 Å². The Balaban J connectivity index is 1.90. The van der Waals surface area contributed by atoms with Crippen molar-refractivity contribution in [3.63, 3.8) is 0 Å². The number of Topliss-reactive ketones (excluding diaryl/α,β-unsaturated/α-hetero) is 1. The molecule has 1 amide bonds. The van der Waals surface area contributed by atoms with Gasteiger partial charge in [0.1, 0.15) is 5.76 Å². The third-order valence-electron chi connectivity index (χ3n) is 4.46. The summed E-state index contributed by atoms with van der Waals surface area (Å²) < 4.78 is 10.1. The van der Waals surface area contributed by atoms with Gasteiger partial charge in [0, 0.05) is 18.2 Å². The van der Waals surface area contributed by atoms with Crippen molar-refractivity contribution in [3.05, 3.63) is 87.3 Å². The number of aromatic nitrogens is 1. The van der Waals surface area contributed by atoms with Crippen molar-refractivity contribution in [2.24, 2.45) is 0 Å². The Morgan fingerprint density at radius 1 is 1.28 bits per heavy atom. The van der Waals surface area contributed by atoms with Crippen LogP contribution in [0.2, 0.25) is 0 Å². The molecule has 0 unspecified atom stereocenters. The highest BCUT2D eigenvalue weighted by molar-refractivity contribution is 6.19. The van der Waals surface area contributed by atoms with E-state index in [0.29, 0.717) is 5.76 Å². The molecule has 0 bridgehead atoms. The highest BCUT2D eigenvalue weighted by Crippen LogP contribution is 2.42.